The molecule has 2 aliphatic rings. The van der Waals surface area contributed by atoms with Crippen LogP contribution in [0.25, 0.3) is 0 Å². The number of carbonyl (C=O) groups is 2. The van der Waals surface area contributed by atoms with Crippen molar-refractivity contribution >= 4 is 23.4 Å². The number of hydrogen-bond donors (Lipinski definition) is 0. The predicted molar refractivity (Wildman–Crippen MR) is 101 cm³/mol. The fraction of sp³-hybridized carbons (Fsp3) is 0.333. The summed E-state index contributed by atoms with van der Waals surface area (Å²) in [5.41, 5.74) is 1.59. The topological polar surface area (TPSA) is 40.6 Å². The number of rotatable bonds is 5. The second-order valence-electron chi connectivity index (χ2n) is 7.21. The summed E-state index contributed by atoms with van der Waals surface area (Å²) in [5, 5.41) is 0.477. The molecule has 0 radical (unpaired) electrons. The molecule has 4 rings (SSSR count). The lowest BCUT2D eigenvalue weighted by Crippen LogP contribution is -2.37. The molecule has 2 fully saturated rings. The van der Waals surface area contributed by atoms with Crippen molar-refractivity contribution in [3.05, 3.63) is 70.5 Å². The Balaban J connectivity index is 1.40. The second-order valence-corrected chi connectivity index (χ2v) is 7.64. The maximum atomic E-state index is 14.0. The number of hydrogen-bond acceptors (Lipinski definition) is 3. The first kappa shape index (κ1) is 18.1. The standard InChI is InChI=1S/C21H20ClFN2O2/c22-16-6-7-19(23)15(10-16)11-24-12-17-18(13-24)21(27)25(20(17)26)9-8-14-4-2-1-3-5-14/h1-7,10,17-18H,8-9,11-13H2/t17-,18+. The summed E-state index contributed by atoms with van der Waals surface area (Å²) in [4.78, 5) is 28.8. The van der Waals surface area contributed by atoms with Crippen LogP contribution in [0.15, 0.2) is 48.5 Å². The molecular weight excluding hydrogens is 367 g/mol. The van der Waals surface area contributed by atoms with E-state index >= 15 is 0 Å². The number of halogens is 2. The summed E-state index contributed by atoms with van der Waals surface area (Å²) in [6.45, 7) is 1.72. The molecule has 2 heterocycles. The smallest absolute Gasteiger partial charge is 0.234 e. The summed E-state index contributed by atoms with van der Waals surface area (Å²) >= 11 is 5.95. The summed E-state index contributed by atoms with van der Waals surface area (Å²) in [6.07, 6.45) is 0.662. The van der Waals surface area contributed by atoms with E-state index in [4.69, 9.17) is 11.6 Å². The summed E-state index contributed by atoms with van der Waals surface area (Å²) < 4.78 is 14.0. The van der Waals surface area contributed by atoms with Gasteiger partial charge in [-0.2, -0.15) is 0 Å². The van der Waals surface area contributed by atoms with E-state index in [0.717, 1.165) is 5.56 Å². The average Bonchev–Trinajstić information content (AvgIpc) is 3.17. The van der Waals surface area contributed by atoms with Crippen LogP contribution in [0, 0.1) is 17.7 Å². The molecule has 0 N–H and O–H groups in total. The Morgan fingerprint density at radius 2 is 1.67 bits per heavy atom. The van der Waals surface area contributed by atoms with Crippen LogP contribution in [0.1, 0.15) is 11.1 Å². The molecule has 2 atom stereocenters. The van der Waals surface area contributed by atoms with E-state index in [-0.39, 0.29) is 29.5 Å². The zero-order valence-corrected chi connectivity index (χ0v) is 15.5. The first-order valence-corrected chi connectivity index (χ1v) is 9.46. The van der Waals surface area contributed by atoms with Crippen LogP contribution >= 0.6 is 11.6 Å². The number of likely N-dealkylation sites (tertiary alicyclic amines) is 2. The molecule has 0 aliphatic carbocycles. The number of fused-ring (bicyclic) bond motifs is 1. The van der Waals surface area contributed by atoms with Gasteiger partial charge in [-0.1, -0.05) is 41.9 Å². The van der Waals surface area contributed by atoms with Crippen LogP contribution in [-0.2, 0) is 22.6 Å². The van der Waals surface area contributed by atoms with Crippen molar-refractivity contribution in [2.75, 3.05) is 19.6 Å². The molecule has 0 spiro atoms. The fourth-order valence-electron chi connectivity index (χ4n) is 4.04. The Labute approximate surface area is 162 Å². The van der Waals surface area contributed by atoms with Gasteiger partial charge in [0.1, 0.15) is 5.82 Å². The molecule has 2 aliphatic heterocycles. The SMILES string of the molecule is O=C1[C@H]2CN(Cc3cc(Cl)ccc3F)C[C@H]2C(=O)N1CCc1ccccc1. The van der Waals surface area contributed by atoms with Gasteiger partial charge in [-0.05, 0) is 30.2 Å². The van der Waals surface area contributed by atoms with E-state index in [0.29, 0.717) is 43.2 Å². The number of imide groups is 1. The molecule has 4 nitrogen and oxygen atoms in total. The third kappa shape index (κ3) is 3.62. The van der Waals surface area contributed by atoms with Gasteiger partial charge < -0.3 is 0 Å². The average molecular weight is 387 g/mol. The zero-order chi connectivity index (χ0) is 19.0. The Morgan fingerprint density at radius 1 is 1.00 bits per heavy atom. The Bertz CT molecular complexity index is 850. The minimum absolute atomic E-state index is 0.102. The summed E-state index contributed by atoms with van der Waals surface area (Å²) in [5.74, 6) is -1.17. The normalized spacial score (nSPS) is 22.5. The van der Waals surface area contributed by atoms with Crippen LogP contribution in [0.2, 0.25) is 5.02 Å². The van der Waals surface area contributed by atoms with Crippen molar-refractivity contribution in [2.45, 2.75) is 13.0 Å². The number of nitrogens with zero attached hydrogens (tertiary/aromatic N) is 2. The highest BCUT2D eigenvalue weighted by atomic mass is 35.5. The monoisotopic (exact) mass is 386 g/mol. The minimum atomic E-state index is -0.324. The molecule has 140 valence electrons. The minimum Gasteiger partial charge on any atom is -0.297 e. The maximum Gasteiger partial charge on any atom is 0.234 e. The van der Waals surface area contributed by atoms with Crippen molar-refractivity contribution in [3.8, 4) is 0 Å². The third-order valence-electron chi connectivity index (χ3n) is 5.43. The molecule has 2 amide bonds. The largest absolute Gasteiger partial charge is 0.297 e. The molecule has 6 heteroatoms. The molecule has 0 unspecified atom stereocenters. The van der Waals surface area contributed by atoms with Gasteiger partial charge in [-0.15, -0.1) is 0 Å². The van der Waals surface area contributed by atoms with Gasteiger partial charge in [0.25, 0.3) is 0 Å². The number of amides is 2. The first-order chi connectivity index (χ1) is 13.0. The molecule has 2 aromatic carbocycles. The van der Waals surface area contributed by atoms with Gasteiger partial charge in [0.15, 0.2) is 0 Å². The lowest BCUT2D eigenvalue weighted by Gasteiger charge is -2.21. The molecule has 0 saturated carbocycles. The van der Waals surface area contributed by atoms with Gasteiger partial charge in [-0.3, -0.25) is 19.4 Å². The summed E-state index contributed by atoms with van der Waals surface area (Å²) in [6, 6.07) is 14.3. The van der Waals surface area contributed by atoms with Crippen LogP contribution < -0.4 is 0 Å². The van der Waals surface area contributed by atoms with Crippen LogP contribution in [0.3, 0.4) is 0 Å². The van der Waals surface area contributed by atoms with Crippen molar-refractivity contribution in [3.63, 3.8) is 0 Å². The Hall–Kier alpha value is -2.24. The van der Waals surface area contributed by atoms with E-state index in [2.05, 4.69) is 0 Å². The highest BCUT2D eigenvalue weighted by molar-refractivity contribution is 6.30. The van der Waals surface area contributed by atoms with Crippen LogP contribution in [0.4, 0.5) is 4.39 Å². The van der Waals surface area contributed by atoms with Crippen LogP contribution in [-0.4, -0.2) is 41.2 Å². The Morgan fingerprint density at radius 3 is 2.33 bits per heavy atom. The molecule has 27 heavy (non-hydrogen) atoms. The van der Waals surface area contributed by atoms with Gasteiger partial charge >= 0.3 is 0 Å². The van der Waals surface area contributed by atoms with Gasteiger partial charge in [0.05, 0.1) is 11.8 Å². The van der Waals surface area contributed by atoms with Crippen LogP contribution in [0.5, 0.6) is 0 Å². The molecule has 2 aromatic rings. The van der Waals surface area contributed by atoms with Crippen molar-refractivity contribution in [1.82, 2.24) is 9.80 Å². The van der Waals surface area contributed by atoms with Gasteiger partial charge in [0, 0.05) is 36.8 Å². The molecule has 2 saturated heterocycles. The van der Waals surface area contributed by atoms with E-state index in [1.54, 1.807) is 6.07 Å². The zero-order valence-electron chi connectivity index (χ0n) is 14.8. The van der Waals surface area contributed by atoms with Gasteiger partial charge in [0.2, 0.25) is 11.8 Å². The molecule has 0 bridgehead atoms. The van der Waals surface area contributed by atoms with E-state index < -0.39 is 0 Å². The maximum absolute atomic E-state index is 14.0. The first-order valence-electron chi connectivity index (χ1n) is 9.08. The highest BCUT2D eigenvalue weighted by Crippen LogP contribution is 2.34. The quantitative estimate of drug-likeness (QED) is 0.741. The molecular formula is C21H20ClFN2O2. The van der Waals surface area contributed by atoms with Gasteiger partial charge in [-0.25, -0.2) is 4.39 Å². The lowest BCUT2D eigenvalue weighted by atomic mass is 10.00. The molecule has 0 aromatic heterocycles. The van der Waals surface area contributed by atoms with E-state index in [1.165, 1.54) is 17.0 Å². The lowest BCUT2D eigenvalue weighted by molar-refractivity contribution is -0.140. The van der Waals surface area contributed by atoms with Crippen molar-refractivity contribution < 1.29 is 14.0 Å². The van der Waals surface area contributed by atoms with E-state index in [9.17, 15) is 14.0 Å². The van der Waals surface area contributed by atoms with Crippen molar-refractivity contribution in [1.29, 1.82) is 0 Å². The second kappa shape index (κ2) is 7.41. The Kier molecular flexibility index (Phi) is 4.98. The third-order valence-corrected chi connectivity index (χ3v) is 5.67. The highest BCUT2D eigenvalue weighted by Gasteiger charge is 2.51. The summed E-state index contributed by atoms with van der Waals surface area (Å²) in [7, 11) is 0. The predicted octanol–water partition coefficient (Wildman–Crippen LogP) is 3.14. The van der Waals surface area contributed by atoms with E-state index in [1.807, 2.05) is 35.2 Å². The number of carbonyl (C=O) groups excluding carboxylic acids is 2. The van der Waals surface area contributed by atoms with Crippen molar-refractivity contribution in [2.24, 2.45) is 11.8 Å². The fourth-order valence-corrected chi connectivity index (χ4v) is 4.23. The number of benzene rings is 2.